The molecule has 3 rings (SSSR count). The summed E-state index contributed by atoms with van der Waals surface area (Å²) >= 11 is 0. The molecule has 0 radical (unpaired) electrons. The second-order valence-electron chi connectivity index (χ2n) is 5.86. The van der Waals surface area contributed by atoms with Gasteiger partial charge in [0.1, 0.15) is 12.4 Å². The third-order valence-corrected chi connectivity index (χ3v) is 4.15. The van der Waals surface area contributed by atoms with Crippen LogP contribution in [0.25, 0.3) is 0 Å². The quantitative estimate of drug-likeness (QED) is 0.877. The molecular weight excluding hydrogens is 236 g/mol. The summed E-state index contributed by atoms with van der Waals surface area (Å²) in [6.07, 6.45) is 2.84. The van der Waals surface area contributed by atoms with E-state index in [4.69, 9.17) is 4.74 Å². The van der Waals surface area contributed by atoms with Crippen molar-refractivity contribution in [1.29, 1.82) is 0 Å². The Balaban J connectivity index is 1.41. The molecule has 1 aliphatic carbocycles. The number of ether oxygens (including phenoxy) is 1. The van der Waals surface area contributed by atoms with Crippen LogP contribution in [0.3, 0.4) is 0 Å². The number of piperazine rings is 1. The number of hydrogen-bond donors (Lipinski definition) is 1. The summed E-state index contributed by atoms with van der Waals surface area (Å²) in [5.41, 5.74) is 1.26. The fourth-order valence-electron chi connectivity index (χ4n) is 2.86. The van der Waals surface area contributed by atoms with Crippen molar-refractivity contribution in [3.63, 3.8) is 0 Å². The lowest BCUT2D eigenvalue weighted by Crippen LogP contribution is -2.52. The lowest BCUT2D eigenvalue weighted by molar-refractivity contribution is 0.158. The van der Waals surface area contributed by atoms with Crippen molar-refractivity contribution in [1.82, 2.24) is 10.2 Å². The summed E-state index contributed by atoms with van der Waals surface area (Å²) in [5, 5.41) is 3.64. The van der Waals surface area contributed by atoms with Gasteiger partial charge in [0.25, 0.3) is 0 Å². The molecule has 0 amide bonds. The van der Waals surface area contributed by atoms with Crippen LogP contribution in [0, 0.1) is 12.8 Å². The van der Waals surface area contributed by atoms with Gasteiger partial charge in [-0.05, 0) is 43.4 Å². The summed E-state index contributed by atoms with van der Waals surface area (Å²) in [6, 6.07) is 9.03. The zero-order valence-corrected chi connectivity index (χ0v) is 11.8. The first-order valence-corrected chi connectivity index (χ1v) is 7.46. The Morgan fingerprint density at radius 3 is 3.05 bits per heavy atom. The summed E-state index contributed by atoms with van der Waals surface area (Å²) in [4.78, 5) is 2.54. The Morgan fingerprint density at radius 2 is 2.26 bits per heavy atom. The van der Waals surface area contributed by atoms with Crippen molar-refractivity contribution in [2.45, 2.75) is 25.8 Å². The third kappa shape index (κ3) is 3.71. The molecule has 2 aliphatic rings. The maximum Gasteiger partial charge on any atom is 0.119 e. The zero-order valence-electron chi connectivity index (χ0n) is 11.8. The molecule has 1 heterocycles. The minimum Gasteiger partial charge on any atom is -0.492 e. The fourth-order valence-corrected chi connectivity index (χ4v) is 2.86. The van der Waals surface area contributed by atoms with Crippen LogP contribution in [0.2, 0.25) is 0 Å². The van der Waals surface area contributed by atoms with Crippen molar-refractivity contribution in [2.75, 3.05) is 32.8 Å². The Kier molecular flexibility index (Phi) is 4.04. The van der Waals surface area contributed by atoms with Crippen LogP contribution in [0.15, 0.2) is 24.3 Å². The molecule has 1 saturated heterocycles. The molecule has 0 spiro atoms. The number of nitrogens with zero attached hydrogens (tertiary/aromatic N) is 1. The molecule has 1 aliphatic heterocycles. The van der Waals surface area contributed by atoms with E-state index >= 15 is 0 Å². The predicted octanol–water partition coefficient (Wildman–Crippen LogP) is 2.06. The average Bonchev–Trinajstić information content (AvgIpc) is 3.23. The Morgan fingerprint density at radius 1 is 1.37 bits per heavy atom. The van der Waals surface area contributed by atoms with Gasteiger partial charge in [-0.1, -0.05) is 12.1 Å². The van der Waals surface area contributed by atoms with E-state index in [2.05, 4.69) is 35.3 Å². The molecule has 3 heteroatoms. The summed E-state index contributed by atoms with van der Waals surface area (Å²) in [5.74, 6) is 1.94. The van der Waals surface area contributed by atoms with E-state index in [9.17, 15) is 0 Å². The Labute approximate surface area is 115 Å². The molecule has 1 N–H and O–H groups in total. The zero-order chi connectivity index (χ0) is 13.1. The van der Waals surface area contributed by atoms with E-state index < -0.39 is 0 Å². The highest BCUT2D eigenvalue weighted by atomic mass is 16.5. The number of nitrogens with one attached hydrogen (secondary N) is 1. The smallest absolute Gasteiger partial charge is 0.119 e. The van der Waals surface area contributed by atoms with E-state index in [1.165, 1.54) is 24.9 Å². The second-order valence-corrected chi connectivity index (χ2v) is 5.86. The maximum atomic E-state index is 5.84. The van der Waals surface area contributed by atoms with Gasteiger partial charge in [0.2, 0.25) is 0 Å². The minimum atomic E-state index is 0.729. The summed E-state index contributed by atoms with van der Waals surface area (Å²) in [7, 11) is 0. The molecule has 104 valence electrons. The topological polar surface area (TPSA) is 24.5 Å². The monoisotopic (exact) mass is 260 g/mol. The van der Waals surface area contributed by atoms with Gasteiger partial charge in [-0.2, -0.15) is 0 Å². The SMILES string of the molecule is Cc1cccc(OCCN2CCNC(C3CC3)C2)c1. The molecule has 1 atom stereocenters. The van der Waals surface area contributed by atoms with E-state index in [1.807, 2.05) is 6.07 Å². The van der Waals surface area contributed by atoms with Crippen molar-refractivity contribution < 1.29 is 4.74 Å². The second kappa shape index (κ2) is 5.93. The number of aryl methyl sites for hydroxylation is 1. The van der Waals surface area contributed by atoms with E-state index in [0.717, 1.165) is 44.0 Å². The normalized spacial score (nSPS) is 24.4. The third-order valence-electron chi connectivity index (χ3n) is 4.15. The van der Waals surface area contributed by atoms with Crippen LogP contribution in [-0.2, 0) is 0 Å². The molecule has 0 aromatic heterocycles. The fraction of sp³-hybridized carbons (Fsp3) is 0.625. The van der Waals surface area contributed by atoms with Gasteiger partial charge in [-0.25, -0.2) is 0 Å². The van der Waals surface area contributed by atoms with Crippen molar-refractivity contribution in [3.8, 4) is 5.75 Å². The van der Waals surface area contributed by atoms with E-state index in [0.29, 0.717) is 0 Å². The molecule has 1 aromatic rings. The Bertz CT molecular complexity index is 417. The van der Waals surface area contributed by atoms with Crippen molar-refractivity contribution in [2.24, 2.45) is 5.92 Å². The van der Waals surface area contributed by atoms with Crippen molar-refractivity contribution in [3.05, 3.63) is 29.8 Å². The van der Waals surface area contributed by atoms with E-state index in [-0.39, 0.29) is 0 Å². The van der Waals surface area contributed by atoms with Gasteiger partial charge in [0.15, 0.2) is 0 Å². The Hall–Kier alpha value is -1.06. The number of rotatable bonds is 5. The van der Waals surface area contributed by atoms with Gasteiger partial charge in [0, 0.05) is 32.2 Å². The highest BCUT2D eigenvalue weighted by Gasteiger charge is 2.33. The molecule has 1 saturated carbocycles. The molecule has 0 bridgehead atoms. The van der Waals surface area contributed by atoms with Crippen LogP contribution < -0.4 is 10.1 Å². The van der Waals surface area contributed by atoms with Gasteiger partial charge in [0.05, 0.1) is 0 Å². The molecule has 19 heavy (non-hydrogen) atoms. The number of benzene rings is 1. The highest BCUT2D eigenvalue weighted by molar-refractivity contribution is 5.27. The average molecular weight is 260 g/mol. The largest absolute Gasteiger partial charge is 0.492 e. The van der Waals surface area contributed by atoms with Crippen LogP contribution in [0.1, 0.15) is 18.4 Å². The van der Waals surface area contributed by atoms with Crippen LogP contribution in [0.5, 0.6) is 5.75 Å². The molecule has 3 nitrogen and oxygen atoms in total. The molecule has 1 aromatic carbocycles. The molecule has 1 unspecified atom stereocenters. The van der Waals surface area contributed by atoms with Crippen LogP contribution in [-0.4, -0.2) is 43.7 Å². The first-order valence-electron chi connectivity index (χ1n) is 7.46. The highest BCUT2D eigenvalue weighted by Crippen LogP contribution is 2.33. The lowest BCUT2D eigenvalue weighted by Gasteiger charge is -2.33. The first kappa shape index (κ1) is 12.9. The maximum absolute atomic E-state index is 5.84. The van der Waals surface area contributed by atoms with Gasteiger partial charge in [-0.3, -0.25) is 4.90 Å². The molecule has 2 fully saturated rings. The van der Waals surface area contributed by atoms with Gasteiger partial charge < -0.3 is 10.1 Å². The van der Waals surface area contributed by atoms with Gasteiger partial charge >= 0.3 is 0 Å². The van der Waals surface area contributed by atoms with E-state index in [1.54, 1.807) is 0 Å². The lowest BCUT2D eigenvalue weighted by atomic mass is 10.1. The molecular formula is C16H24N2O. The predicted molar refractivity (Wildman–Crippen MR) is 77.6 cm³/mol. The standard InChI is InChI=1S/C16H24N2O/c1-13-3-2-4-15(11-13)19-10-9-18-8-7-17-16(12-18)14-5-6-14/h2-4,11,14,16-17H,5-10,12H2,1H3. The summed E-state index contributed by atoms with van der Waals surface area (Å²) < 4.78 is 5.84. The van der Waals surface area contributed by atoms with Crippen LogP contribution in [0.4, 0.5) is 0 Å². The van der Waals surface area contributed by atoms with Crippen LogP contribution >= 0.6 is 0 Å². The first-order chi connectivity index (χ1) is 9.31. The minimum absolute atomic E-state index is 0.729. The number of hydrogen-bond acceptors (Lipinski definition) is 3. The summed E-state index contributed by atoms with van der Waals surface area (Å²) in [6.45, 7) is 7.41. The van der Waals surface area contributed by atoms with Crippen molar-refractivity contribution >= 4 is 0 Å². The van der Waals surface area contributed by atoms with Gasteiger partial charge in [-0.15, -0.1) is 0 Å².